The Morgan fingerprint density at radius 3 is 3.08 bits per heavy atom. The highest BCUT2D eigenvalue weighted by Gasteiger charge is 2.16. The van der Waals surface area contributed by atoms with Crippen LogP contribution in [0, 0.1) is 5.82 Å². The number of hydrogen-bond acceptors (Lipinski definition) is 3. The summed E-state index contributed by atoms with van der Waals surface area (Å²) in [6.07, 6.45) is 0.692. The van der Waals surface area contributed by atoms with Crippen molar-refractivity contribution in [3.8, 4) is 0 Å². The predicted molar refractivity (Wildman–Crippen MR) is 50.1 cm³/mol. The Hall–Kier alpha value is -1.03. The number of oxime groups is 1. The highest BCUT2D eigenvalue weighted by Crippen LogP contribution is 2.30. The summed E-state index contributed by atoms with van der Waals surface area (Å²) in [5.41, 5.74) is 1.30. The number of halogens is 1. The molecule has 1 aromatic carbocycles. The normalized spacial score (nSPS) is 18.7. The fourth-order valence-corrected chi connectivity index (χ4v) is 2.36. The van der Waals surface area contributed by atoms with Gasteiger partial charge in [-0.1, -0.05) is 5.16 Å². The first-order valence-corrected chi connectivity index (χ1v) is 4.93. The maximum atomic E-state index is 12.9. The molecule has 0 aliphatic carbocycles. The molecule has 68 valence electrons. The summed E-state index contributed by atoms with van der Waals surface area (Å²) in [7, 11) is 0. The first kappa shape index (κ1) is 8.56. The van der Waals surface area contributed by atoms with Crippen LogP contribution >= 0.6 is 11.8 Å². The van der Waals surface area contributed by atoms with Gasteiger partial charge in [0.1, 0.15) is 5.82 Å². The molecule has 4 heteroatoms. The molecule has 1 aromatic rings. The fraction of sp³-hybridized carbons (Fsp3) is 0.222. The Labute approximate surface area is 79.5 Å². The molecule has 1 aliphatic heterocycles. The van der Waals surface area contributed by atoms with E-state index in [0.29, 0.717) is 12.1 Å². The Kier molecular flexibility index (Phi) is 2.22. The minimum atomic E-state index is -0.289. The lowest BCUT2D eigenvalue weighted by molar-refractivity contribution is 0.318. The predicted octanol–water partition coefficient (Wildman–Crippen LogP) is 2.50. The standard InChI is InChI=1S/C9H8FNOS/c10-6-1-2-9-7(5-6)8(11-12)3-4-13-9/h1-2,5,12H,3-4H2/b11-8+. The van der Waals surface area contributed by atoms with Crippen molar-refractivity contribution in [1.82, 2.24) is 0 Å². The van der Waals surface area contributed by atoms with E-state index in [1.54, 1.807) is 17.8 Å². The van der Waals surface area contributed by atoms with Crippen LogP contribution in [0.5, 0.6) is 0 Å². The summed E-state index contributed by atoms with van der Waals surface area (Å²) in [6.45, 7) is 0. The van der Waals surface area contributed by atoms with Crippen molar-refractivity contribution >= 4 is 17.5 Å². The number of rotatable bonds is 0. The third-order valence-electron chi connectivity index (χ3n) is 1.97. The monoisotopic (exact) mass is 197 g/mol. The number of thioether (sulfide) groups is 1. The maximum absolute atomic E-state index is 12.9. The van der Waals surface area contributed by atoms with E-state index in [4.69, 9.17) is 5.21 Å². The topological polar surface area (TPSA) is 32.6 Å². The SMILES string of the molecule is O/N=C1\CCSc2ccc(F)cc21. The molecule has 0 saturated heterocycles. The van der Waals surface area contributed by atoms with E-state index in [9.17, 15) is 4.39 Å². The smallest absolute Gasteiger partial charge is 0.123 e. The summed E-state index contributed by atoms with van der Waals surface area (Å²) < 4.78 is 12.9. The van der Waals surface area contributed by atoms with Crippen molar-refractivity contribution in [2.75, 3.05) is 5.75 Å². The third kappa shape index (κ3) is 1.54. The molecule has 2 nitrogen and oxygen atoms in total. The number of hydrogen-bond donors (Lipinski definition) is 1. The van der Waals surface area contributed by atoms with E-state index in [1.807, 2.05) is 0 Å². The number of benzene rings is 1. The van der Waals surface area contributed by atoms with Crippen LogP contribution in [0.4, 0.5) is 4.39 Å². The van der Waals surface area contributed by atoms with Crippen LogP contribution in [0.15, 0.2) is 28.3 Å². The van der Waals surface area contributed by atoms with Crippen molar-refractivity contribution in [3.63, 3.8) is 0 Å². The largest absolute Gasteiger partial charge is 0.411 e. The molecule has 0 aromatic heterocycles. The van der Waals surface area contributed by atoms with Gasteiger partial charge < -0.3 is 5.21 Å². The first-order valence-electron chi connectivity index (χ1n) is 3.95. The second-order valence-corrected chi connectivity index (χ2v) is 3.92. The highest BCUT2D eigenvalue weighted by molar-refractivity contribution is 7.99. The maximum Gasteiger partial charge on any atom is 0.123 e. The minimum absolute atomic E-state index is 0.289. The summed E-state index contributed by atoms with van der Waals surface area (Å²) in [5.74, 6) is 0.597. The number of nitrogens with zero attached hydrogens (tertiary/aromatic N) is 1. The van der Waals surface area contributed by atoms with Gasteiger partial charge in [0, 0.05) is 22.6 Å². The van der Waals surface area contributed by atoms with Crippen LogP contribution in [0.2, 0.25) is 0 Å². The third-order valence-corrected chi connectivity index (χ3v) is 3.04. The van der Waals surface area contributed by atoms with Crippen molar-refractivity contribution < 1.29 is 9.60 Å². The lowest BCUT2D eigenvalue weighted by Gasteiger charge is -2.15. The zero-order valence-electron chi connectivity index (χ0n) is 6.83. The van der Waals surface area contributed by atoms with Gasteiger partial charge in [-0.05, 0) is 18.2 Å². The van der Waals surface area contributed by atoms with Gasteiger partial charge in [0.05, 0.1) is 5.71 Å². The second kappa shape index (κ2) is 3.38. The minimum Gasteiger partial charge on any atom is -0.411 e. The molecular formula is C9H8FNOS. The lowest BCUT2D eigenvalue weighted by Crippen LogP contribution is -2.09. The van der Waals surface area contributed by atoms with Gasteiger partial charge in [-0.15, -0.1) is 11.8 Å². The molecule has 1 N–H and O–H groups in total. The molecule has 1 heterocycles. The molecule has 0 amide bonds. The van der Waals surface area contributed by atoms with Crippen molar-refractivity contribution in [3.05, 3.63) is 29.6 Å². The van der Waals surface area contributed by atoms with Gasteiger partial charge in [0.15, 0.2) is 0 Å². The van der Waals surface area contributed by atoms with Crippen molar-refractivity contribution in [2.24, 2.45) is 5.16 Å². The second-order valence-electron chi connectivity index (χ2n) is 2.79. The van der Waals surface area contributed by atoms with Gasteiger partial charge in [-0.3, -0.25) is 0 Å². The lowest BCUT2D eigenvalue weighted by atomic mass is 10.1. The highest BCUT2D eigenvalue weighted by atomic mass is 32.2. The Bertz CT molecular complexity index is 365. The van der Waals surface area contributed by atoms with Gasteiger partial charge in [0.2, 0.25) is 0 Å². The van der Waals surface area contributed by atoms with E-state index >= 15 is 0 Å². The zero-order valence-corrected chi connectivity index (χ0v) is 7.64. The first-order chi connectivity index (χ1) is 6.31. The summed E-state index contributed by atoms with van der Waals surface area (Å²) in [4.78, 5) is 0.987. The Balaban J connectivity index is 2.54. The summed E-state index contributed by atoms with van der Waals surface area (Å²) in [5, 5.41) is 11.9. The van der Waals surface area contributed by atoms with Crippen LogP contribution in [-0.4, -0.2) is 16.7 Å². The Morgan fingerprint density at radius 1 is 1.46 bits per heavy atom. The summed E-state index contributed by atoms with van der Waals surface area (Å²) in [6, 6.07) is 4.56. The van der Waals surface area contributed by atoms with E-state index < -0.39 is 0 Å². The van der Waals surface area contributed by atoms with Crippen molar-refractivity contribution in [2.45, 2.75) is 11.3 Å². The molecule has 1 aliphatic rings. The average Bonchev–Trinajstić information content (AvgIpc) is 2.17. The molecule has 0 saturated carbocycles. The molecule has 0 atom stereocenters. The fourth-order valence-electron chi connectivity index (χ4n) is 1.35. The molecular weight excluding hydrogens is 189 g/mol. The van der Waals surface area contributed by atoms with E-state index in [2.05, 4.69) is 5.16 Å². The van der Waals surface area contributed by atoms with Crippen LogP contribution in [0.3, 0.4) is 0 Å². The summed E-state index contributed by atoms with van der Waals surface area (Å²) >= 11 is 1.66. The van der Waals surface area contributed by atoms with Crippen LogP contribution in [0.1, 0.15) is 12.0 Å². The van der Waals surface area contributed by atoms with Crippen LogP contribution < -0.4 is 0 Å². The molecule has 2 rings (SSSR count). The molecule has 0 bridgehead atoms. The molecule has 0 fully saturated rings. The van der Waals surface area contributed by atoms with Gasteiger partial charge in [-0.25, -0.2) is 4.39 Å². The average molecular weight is 197 g/mol. The zero-order chi connectivity index (χ0) is 9.26. The van der Waals surface area contributed by atoms with E-state index in [0.717, 1.165) is 16.2 Å². The molecule has 0 radical (unpaired) electrons. The Morgan fingerprint density at radius 2 is 2.31 bits per heavy atom. The number of fused-ring (bicyclic) bond motifs is 1. The van der Waals surface area contributed by atoms with Gasteiger partial charge in [0.25, 0.3) is 0 Å². The van der Waals surface area contributed by atoms with Gasteiger partial charge in [-0.2, -0.15) is 0 Å². The molecule has 13 heavy (non-hydrogen) atoms. The van der Waals surface area contributed by atoms with Crippen molar-refractivity contribution in [1.29, 1.82) is 0 Å². The molecule has 0 spiro atoms. The molecule has 0 unspecified atom stereocenters. The van der Waals surface area contributed by atoms with Crippen LogP contribution in [0.25, 0.3) is 0 Å². The van der Waals surface area contributed by atoms with E-state index in [-0.39, 0.29) is 5.82 Å². The van der Waals surface area contributed by atoms with Crippen LogP contribution in [-0.2, 0) is 0 Å². The van der Waals surface area contributed by atoms with E-state index in [1.165, 1.54) is 12.1 Å². The van der Waals surface area contributed by atoms with Gasteiger partial charge >= 0.3 is 0 Å². The quantitative estimate of drug-likeness (QED) is 0.512.